The van der Waals surface area contributed by atoms with Crippen molar-refractivity contribution in [2.45, 2.75) is 11.8 Å². The van der Waals surface area contributed by atoms with Crippen molar-refractivity contribution in [2.24, 2.45) is 0 Å². The molecular formula is C22H18Cl2N2O4S. The molecule has 0 spiro atoms. The second-order valence-corrected chi connectivity index (χ2v) is 9.66. The summed E-state index contributed by atoms with van der Waals surface area (Å²) in [7, 11) is -3.36. The van der Waals surface area contributed by atoms with Crippen molar-refractivity contribution in [3.8, 4) is 0 Å². The van der Waals surface area contributed by atoms with Crippen LogP contribution in [0.2, 0.25) is 10.0 Å². The first-order valence-corrected chi connectivity index (χ1v) is 11.7. The SMILES string of the molecule is Cc1ccccc1C(=O)Nc1cc(Cl)c(NC(=O)c2ccc(S(C)(=O)=O)cc2)c(Cl)c1. The molecule has 2 N–H and O–H groups in total. The maximum Gasteiger partial charge on any atom is 0.255 e. The molecule has 9 heteroatoms. The molecule has 0 heterocycles. The van der Waals surface area contributed by atoms with Gasteiger partial charge in [0.05, 0.1) is 20.6 Å². The zero-order chi connectivity index (χ0) is 22.8. The summed E-state index contributed by atoms with van der Waals surface area (Å²) in [4.78, 5) is 25.1. The van der Waals surface area contributed by atoms with E-state index in [1.54, 1.807) is 12.1 Å². The third kappa shape index (κ3) is 5.44. The molecule has 0 aliphatic heterocycles. The molecule has 3 aromatic carbocycles. The van der Waals surface area contributed by atoms with Crippen molar-refractivity contribution in [1.82, 2.24) is 0 Å². The summed E-state index contributed by atoms with van der Waals surface area (Å²) < 4.78 is 23.1. The Hall–Kier alpha value is -2.87. The minimum Gasteiger partial charge on any atom is -0.322 e. The number of amides is 2. The molecule has 6 nitrogen and oxygen atoms in total. The number of hydrogen-bond acceptors (Lipinski definition) is 4. The fourth-order valence-corrected chi connectivity index (χ4v) is 4.04. The fraction of sp³-hybridized carbons (Fsp3) is 0.0909. The predicted octanol–water partition coefficient (Wildman–Crippen LogP) is 5.21. The van der Waals surface area contributed by atoms with E-state index in [4.69, 9.17) is 23.2 Å². The Morgan fingerprint density at radius 2 is 1.42 bits per heavy atom. The van der Waals surface area contributed by atoms with E-state index in [0.717, 1.165) is 11.8 Å². The molecule has 3 aromatic rings. The standard InChI is InChI=1S/C22H18Cl2N2O4S/c1-13-5-3-4-6-17(13)22(28)25-15-11-18(23)20(19(24)12-15)26-21(27)14-7-9-16(10-8-14)31(2,29)30/h3-12H,1-2H3,(H,25,28)(H,26,27). The van der Waals surface area contributed by atoms with Crippen molar-refractivity contribution in [2.75, 3.05) is 16.9 Å². The molecule has 0 saturated carbocycles. The number of hydrogen-bond donors (Lipinski definition) is 2. The summed E-state index contributed by atoms with van der Waals surface area (Å²) in [6.07, 6.45) is 1.08. The van der Waals surface area contributed by atoms with Gasteiger partial charge < -0.3 is 10.6 Å². The molecule has 0 bridgehead atoms. The van der Waals surface area contributed by atoms with Gasteiger partial charge in [-0.3, -0.25) is 9.59 Å². The number of carbonyl (C=O) groups excluding carboxylic acids is 2. The molecule has 0 aliphatic rings. The molecule has 0 aromatic heterocycles. The van der Waals surface area contributed by atoms with Crippen LogP contribution in [0.25, 0.3) is 0 Å². The third-order valence-electron chi connectivity index (χ3n) is 4.47. The van der Waals surface area contributed by atoms with Gasteiger partial charge in [-0.2, -0.15) is 0 Å². The van der Waals surface area contributed by atoms with Crippen LogP contribution >= 0.6 is 23.2 Å². The lowest BCUT2D eigenvalue weighted by molar-refractivity contribution is 0.101. The maximum atomic E-state index is 12.5. The minimum absolute atomic E-state index is 0.105. The van der Waals surface area contributed by atoms with Gasteiger partial charge in [-0.25, -0.2) is 8.42 Å². The highest BCUT2D eigenvalue weighted by atomic mass is 35.5. The Labute approximate surface area is 190 Å². The molecule has 160 valence electrons. The summed E-state index contributed by atoms with van der Waals surface area (Å²) in [5, 5.41) is 5.61. The van der Waals surface area contributed by atoms with Crippen LogP contribution in [0.5, 0.6) is 0 Å². The average molecular weight is 477 g/mol. The van der Waals surface area contributed by atoms with Gasteiger partial charge in [0.2, 0.25) is 0 Å². The smallest absolute Gasteiger partial charge is 0.255 e. The Bertz CT molecular complexity index is 1250. The highest BCUT2D eigenvalue weighted by molar-refractivity contribution is 7.90. The van der Waals surface area contributed by atoms with Crippen molar-refractivity contribution in [3.63, 3.8) is 0 Å². The molecule has 31 heavy (non-hydrogen) atoms. The Kier molecular flexibility index (Phi) is 6.69. The molecule has 0 radical (unpaired) electrons. The number of nitrogens with one attached hydrogen (secondary N) is 2. The van der Waals surface area contributed by atoms with Gasteiger partial charge in [0, 0.05) is 23.1 Å². The molecular weight excluding hydrogens is 459 g/mol. The van der Waals surface area contributed by atoms with E-state index in [0.29, 0.717) is 11.3 Å². The van der Waals surface area contributed by atoms with Crippen LogP contribution in [-0.2, 0) is 9.84 Å². The first-order valence-electron chi connectivity index (χ1n) is 9.04. The summed E-state index contributed by atoms with van der Waals surface area (Å²) in [5.74, 6) is -0.825. The molecule has 0 atom stereocenters. The van der Waals surface area contributed by atoms with Crippen molar-refractivity contribution < 1.29 is 18.0 Å². The van der Waals surface area contributed by atoms with E-state index in [1.807, 2.05) is 19.1 Å². The molecule has 3 rings (SSSR count). The highest BCUT2D eigenvalue weighted by Gasteiger charge is 2.16. The zero-order valence-corrected chi connectivity index (χ0v) is 18.9. The van der Waals surface area contributed by atoms with Crippen LogP contribution in [0.4, 0.5) is 11.4 Å². The molecule has 0 unspecified atom stereocenters. The van der Waals surface area contributed by atoms with Gasteiger partial charge in [-0.1, -0.05) is 41.4 Å². The Morgan fingerprint density at radius 1 is 0.839 bits per heavy atom. The fourth-order valence-electron chi connectivity index (χ4n) is 2.83. The molecule has 0 saturated heterocycles. The number of benzene rings is 3. The normalized spacial score (nSPS) is 11.1. The number of carbonyl (C=O) groups is 2. The van der Waals surface area contributed by atoms with E-state index in [2.05, 4.69) is 10.6 Å². The van der Waals surface area contributed by atoms with Crippen molar-refractivity contribution >= 4 is 56.2 Å². The monoisotopic (exact) mass is 476 g/mol. The van der Waals surface area contributed by atoms with Crippen LogP contribution < -0.4 is 10.6 Å². The summed E-state index contributed by atoms with van der Waals surface area (Å²) in [6, 6.07) is 15.6. The highest BCUT2D eigenvalue weighted by Crippen LogP contribution is 2.34. The largest absolute Gasteiger partial charge is 0.322 e. The number of halogens is 2. The minimum atomic E-state index is -3.36. The van der Waals surface area contributed by atoms with E-state index in [1.165, 1.54) is 36.4 Å². The number of rotatable bonds is 5. The summed E-state index contributed by atoms with van der Waals surface area (Å²) in [6.45, 7) is 1.83. The average Bonchev–Trinajstić information content (AvgIpc) is 2.70. The van der Waals surface area contributed by atoms with Crippen molar-refractivity contribution in [3.05, 3.63) is 87.4 Å². The Balaban J connectivity index is 1.78. The second kappa shape index (κ2) is 9.09. The zero-order valence-electron chi connectivity index (χ0n) is 16.6. The third-order valence-corrected chi connectivity index (χ3v) is 6.20. The van der Waals surface area contributed by atoms with Crippen LogP contribution in [0.3, 0.4) is 0 Å². The Morgan fingerprint density at radius 3 is 1.97 bits per heavy atom. The lowest BCUT2D eigenvalue weighted by atomic mass is 10.1. The van der Waals surface area contributed by atoms with E-state index < -0.39 is 15.7 Å². The lowest BCUT2D eigenvalue weighted by Crippen LogP contribution is -2.15. The predicted molar refractivity (Wildman–Crippen MR) is 123 cm³/mol. The lowest BCUT2D eigenvalue weighted by Gasteiger charge is -2.13. The topological polar surface area (TPSA) is 92.3 Å². The summed E-state index contributed by atoms with van der Waals surface area (Å²) in [5.41, 5.74) is 2.12. The number of anilines is 2. The molecule has 0 fully saturated rings. The van der Waals surface area contributed by atoms with Crippen LogP contribution in [-0.4, -0.2) is 26.5 Å². The second-order valence-electron chi connectivity index (χ2n) is 6.83. The first-order chi connectivity index (χ1) is 14.6. The van der Waals surface area contributed by atoms with Gasteiger partial charge >= 0.3 is 0 Å². The van der Waals surface area contributed by atoms with Gasteiger partial charge in [0.1, 0.15) is 0 Å². The number of aryl methyl sites for hydroxylation is 1. The van der Waals surface area contributed by atoms with Gasteiger partial charge in [-0.15, -0.1) is 0 Å². The van der Waals surface area contributed by atoms with Gasteiger partial charge in [0.15, 0.2) is 9.84 Å². The van der Waals surface area contributed by atoms with E-state index in [-0.39, 0.29) is 32.1 Å². The maximum absolute atomic E-state index is 12.5. The number of sulfone groups is 1. The first kappa shape index (κ1) is 22.8. The van der Waals surface area contributed by atoms with E-state index in [9.17, 15) is 18.0 Å². The molecule has 0 aliphatic carbocycles. The van der Waals surface area contributed by atoms with Crippen LogP contribution in [0, 0.1) is 6.92 Å². The van der Waals surface area contributed by atoms with Crippen LogP contribution in [0.1, 0.15) is 26.3 Å². The van der Waals surface area contributed by atoms with Gasteiger partial charge in [0.25, 0.3) is 11.8 Å². The van der Waals surface area contributed by atoms with Crippen molar-refractivity contribution in [1.29, 1.82) is 0 Å². The molecule has 2 amide bonds. The van der Waals surface area contributed by atoms with Crippen LogP contribution in [0.15, 0.2) is 65.6 Å². The quantitative estimate of drug-likeness (QED) is 0.528. The van der Waals surface area contributed by atoms with E-state index >= 15 is 0 Å². The van der Waals surface area contributed by atoms with Gasteiger partial charge in [-0.05, 0) is 55.0 Å². The summed E-state index contributed by atoms with van der Waals surface area (Å²) >= 11 is 12.6.